The van der Waals surface area contributed by atoms with Gasteiger partial charge in [-0.25, -0.2) is 0 Å². The predicted molar refractivity (Wildman–Crippen MR) is 68.2 cm³/mol. The van der Waals surface area contributed by atoms with E-state index in [-0.39, 0.29) is 51.4 Å². The fourth-order valence-electron chi connectivity index (χ4n) is 1.68. The van der Waals surface area contributed by atoms with Gasteiger partial charge >= 0.3 is 72.4 Å². The zero-order valence-corrected chi connectivity index (χ0v) is 15.7. The molecule has 0 spiro atoms. The average molecular weight is 354 g/mol. The molecule has 3 rings (SSSR count). The normalized spacial score (nSPS) is 7.95. The van der Waals surface area contributed by atoms with Crippen molar-refractivity contribution in [3.63, 3.8) is 0 Å². The second-order valence-electron chi connectivity index (χ2n) is 3.22. The first kappa shape index (κ1) is 23.2. The smallest absolute Gasteiger partial charge is 0.0964 e. The molecule has 0 saturated heterocycles. The minimum absolute atomic E-state index is 0. The third-order valence-corrected chi connectivity index (χ3v) is 2.34. The molecule has 1 aromatic carbocycles. The summed E-state index contributed by atoms with van der Waals surface area (Å²) >= 11 is 1.06. The predicted octanol–water partition coefficient (Wildman–Crippen LogP) is -0.299. The Balaban J connectivity index is 0. The first-order chi connectivity index (χ1) is 9.95. The maximum atomic E-state index is 8.19. The van der Waals surface area contributed by atoms with Crippen LogP contribution < -0.4 is 51.4 Å². The van der Waals surface area contributed by atoms with Crippen molar-refractivity contribution in [1.82, 2.24) is 9.97 Å². The monoisotopic (exact) mass is 354 g/mol. The Labute approximate surface area is 172 Å². The summed E-state index contributed by atoms with van der Waals surface area (Å²) < 4.78 is 8.19. The summed E-state index contributed by atoms with van der Waals surface area (Å²) in [6.45, 7) is 0. The van der Waals surface area contributed by atoms with Crippen LogP contribution in [0.4, 0.5) is 0 Å². The van der Waals surface area contributed by atoms with Crippen LogP contribution in [0, 0.1) is 0 Å². The SMILES string of the molecule is OO.OO.[K+].[O]=[V].c1cnc2c(c1)ccc1cccnc12. The van der Waals surface area contributed by atoms with Crippen LogP contribution in [0.15, 0.2) is 48.8 Å². The quantitative estimate of drug-likeness (QED) is 0.189. The van der Waals surface area contributed by atoms with Crippen molar-refractivity contribution in [2.45, 2.75) is 0 Å². The number of nitrogens with zero attached hydrogens (tertiary/aromatic N) is 2. The number of hydrogen-bond acceptors (Lipinski definition) is 7. The third-order valence-electron chi connectivity index (χ3n) is 2.34. The van der Waals surface area contributed by atoms with Gasteiger partial charge in [0.05, 0.1) is 11.0 Å². The number of aromatic nitrogens is 2. The van der Waals surface area contributed by atoms with E-state index in [1.54, 1.807) is 12.4 Å². The van der Waals surface area contributed by atoms with Gasteiger partial charge in [0.25, 0.3) is 0 Å². The van der Waals surface area contributed by atoms with Crippen molar-refractivity contribution in [3.8, 4) is 0 Å². The van der Waals surface area contributed by atoms with Gasteiger partial charge in [-0.15, -0.1) is 0 Å². The summed E-state index contributed by atoms with van der Waals surface area (Å²) in [6.07, 6.45) is 3.60. The van der Waals surface area contributed by atoms with Crippen molar-refractivity contribution >= 4 is 21.8 Å². The average Bonchev–Trinajstić information content (AvgIpc) is 2.60. The third kappa shape index (κ3) is 6.68. The number of hydrogen-bond donors (Lipinski definition) is 4. The van der Waals surface area contributed by atoms with Gasteiger partial charge in [0.2, 0.25) is 0 Å². The van der Waals surface area contributed by atoms with Crippen LogP contribution in [-0.4, -0.2) is 31.0 Å². The fraction of sp³-hybridized carbons (Fsp3) is 0. The van der Waals surface area contributed by atoms with E-state index >= 15 is 0 Å². The van der Waals surface area contributed by atoms with E-state index in [1.165, 1.54) is 0 Å². The minimum Gasteiger partial charge on any atom is -0.254 e. The molecule has 0 radical (unpaired) electrons. The van der Waals surface area contributed by atoms with Crippen LogP contribution in [0.2, 0.25) is 0 Å². The number of rotatable bonds is 0. The van der Waals surface area contributed by atoms with Crippen molar-refractivity contribution in [2.75, 3.05) is 0 Å². The van der Waals surface area contributed by atoms with Gasteiger partial charge in [-0.05, 0) is 12.1 Å². The van der Waals surface area contributed by atoms with Gasteiger partial charge in [-0.1, -0.05) is 24.3 Å². The Morgan fingerprint density at radius 1 is 0.714 bits per heavy atom. The molecule has 7 nitrogen and oxygen atoms in total. The van der Waals surface area contributed by atoms with Crippen LogP contribution in [0.25, 0.3) is 21.8 Å². The number of benzene rings is 1. The summed E-state index contributed by atoms with van der Waals surface area (Å²) in [5.41, 5.74) is 1.95. The van der Waals surface area contributed by atoms with Crippen molar-refractivity contribution in [1.29, 1.82) is 0 Å². The zero-order valence-electron chi connectivity index (χ0n) is 11.2. The zero-order chi connectivity index (χ0) is 15.4. The largest absolute Gasteiger partial charge is 0.254 e. The summed E-state index contributed by atoms with van der Waals surface area (Å²) in [6, 6.07) is 12.1. The van der Waals surface area contributed by atoms with Crippen LogP contribution in [0.3, 0.4) is 0 Å². The Morgan fingerprint density at radius 3 is 1.38 bits per heavy atom. The Kier molecular flexibility index (Phi) is 16.4. The molecule has 0 fully saturated rings. The molecule has 2 heterocycles. The maximum Gasteiger partial charge on any atom is 0.0964 e. The standard InChI is InChI=1S/C12H8N2.K.2H2O2.O.V/c1-3-9-5-6-10-4-2-8-14-12(10)11(9)13-7-1;;2*1-2;;/h1-8H;;2*1-2H;;/q;+1;;;;. The van der Waals surface area contributed by atoms with Gasteiger partial charge in [0, 0.05) is 23.2 Å². The second-order valence-corrected chi connectivity index (χ2v) is 3.22. The summed E-state index contributed by atoms with van der Waals surface area (Å²) in [5, 5.41) is 26.3. The summed E-state index contributed by atoms with van der Waals surface area (Å²) in [7, 11) is 0. The maximum absolute atomic E-state index is 8.19. The van der Waals surface area contributed by atoms with Crippen LogP contribution in [-0.2, 0) is 21.0 Å². The Morgan fingerprint density at radius 2 is 1.05 bits per heavy atom. The van der Waals surface area contributed by atoms with Crippen LogP contribution in [0.1, 0.15) is 0 Å². The molecule has 105 valence electrons. The van der Waals surface area contributed by atoms with E-state index in [2.05, 4.69) is 34.2 Å². The van der Waals surface area contributed by atoms with Gasteiger partial charge in [0.15, 0.2) is 0 Å². The first-order valence-electron chi connectivity index (χ1n) is 5.12. The van der Waals surface area contributed by atoms with E-state index in [4.69, 9.17) is 24.7 Å². The second kappa shape index (κ2) is 14.8. The van der Waals surface area contributed by atoms with E-state index in [0.717, 1.165) is 39.2 Å². The molecule has 21 heavy (non-hydrogen) atoms. The molecule has 0 saturated carbocycles. The van der Waals surface area contributed by atoms with E-state index in [1.807, 2.05) is 12.1 Å². The molecule has 4 N–H and O–H groups in total. The van der Waals surface area contributed by atoms with E-state index in [0.29, 0.717) is 0 Å². The molecule has 3 aromatic rings. The van der Waals surface area contributed by atoms with Gasteiger partial charge < -0.3 is 0 Å². The van der Waals surface area contributed by atoms with Crippen LogP contribution >= 0.6 is 0 Å². The summed E-state index contributed by atoms with van der Waals surface area (Å²) in [5.74, 6) is 0. The topological polar surface area (TPSA) is 124 Å². The molecular formula is C12H12KN2O5V+. The van der Waals surface area contributed by atoms with Crippen molar-refractivity contribution in [3.05, 3.63) is 48.8 Å². The Hall–Kier alpha value is -0.0992. The first-order valence-corrected chi connectivity index (χ1v) is 5.69. The Bertz CT molecular complexity index is 589. The molecular weight excluding hydrogens is 342 g/mol. The van der Waals surface area contributed by atoms with E-state index in [9.17, 15) is 0 Å². The van der Waals surface area contributed by atoms with Gasteiger partial charge in [-0.2, -0.15) is 0 Å². The molecule has 0 bridgehead atoms. The van der Waals surface area contributed by atoms with Crippen LogP contribution in [0.5, 0.6) is 0 Å². The molecule has 0 aliphatic heterocycles. The molecule has 0 unspecified atom stereocenters. The van der Waals surface area contributed by atoms with Gasteiger partial charge in [0.1, 0.15) is 0 Å². The van der Waals surface area contributed by atoms with Crippen molar-refractivity contribution in [2.24, 2.45) is 0 Å². The summed E-state index contributed by atoms with van der Waals surface area (Å²) in [4.78, 5) is 8.69. The molecule has 0 atom stereocenters. The van der Waals surface area contributed by atoms with Crippen molar-refractivity contribution < 1.29 is 93.5 Å². The molecule has 0 amide bonds. The molecule has 0 aliphatic carbocycles. The fourth-order valence-corrected chi connectivity index (χ4v) is 1.68. The number of pyridine rings is 2. The molecule has 0 aliphatic rings. The van der Waals surface area contributed by atoms with E-state index < -0.39 is 0 Å². The minimum atomic E-state index is 0. The number of fused-ring (bicyclic) bond motifs is 3. The molecule has 2 aromatic heterocycles. The van der Waals surface area contributed by atoms with Gasteiger partial charge in [-0.3, -0.25) is 31.0 Å². The molecule has 9 heteroatoms.